The van der Waals surface area contributed by atoms with E-state index in [-0.39, 0.29) is 11.9 Å². The number of ether oxygens (including phenoxy) is 2. The van der Waals surface area contributed by atoms with Gasteiger partial charge in [0.2, 0.25) is 10.0 Å². The molecular formula is C22H26N2O5S. The molecule has 30 heavy (non-hydrogen) atoms. The van der Waals surface area contributed by atoms with Crippen molar-refractivity contribution in [2.24, 2.45) is 0 Å². The molecular weight excluding hydrogens is 404 g/mol. The second kappa shape index (κ2) is 7.83. The minimum Gasteiger partial charge on any atom is -0.497 e. The molecule has 0 aliphatic carbocycles. The first kappa shape index (κ1) is 20.5. The Morgan fingerprint density at radius 2 is 1.87 bits per heavy atom. The standard InChI is InChI=1S/C22H26N2O5S/c1-28-17-7-9-21(29-2)18(14-17)20-5-4-11-23(20)22(25)16-6-8-19-15(13-16)10-12-24(19)30(3,26)27/h6-9,13-14,20H,4-5,10-12H2,1-3H3. The van der Waals surface area contributed by atoms with Crippen molar-refractivity contribution in [1.82, 2.24) is 4.90 Å². The van der Waals surface area contributed by atoms with Crippen molar-refractivity contribution in [2.45, 2.75) is 25.3 Å². The lowest BCUT2D eigenvalue weighted by Crippen LogP contribution is -2.31. The highest BCUT2D eigenvalue weighted by Gasteiger charge is 2.34. The van der Waals surface area contributed by atoms with E-state index in [4.69, 9.17) is 9.47 Å². The van der Waals surface area contributed by atoms with Crippen LogP contribution in [0.4, 0.5) is 5.69 Å². The number of anilines is 1. The van der Waals surface area contributed by atoms with Crippen LogP contribution in [0.25, 0.3) is 0 Å². The van der Waals surface area contributed by atoms with E-state index < -0.39 is 10.0 Å². The lowest BCUT2D eigenvalue weighted by Gasteiger charge is -2.27. The van der Waals surface area contributed by atoms with Crippen LogP contribution in [-0.4, -0.2) is 52.8 Å². The van der Waals surface area contributed by atoms with E-state index >= 15 is 0 Å². The first-order valence-corrected chi connectivity index (χ1v) is 11.8. The minimum atomic E-state index is -3.31. The van der Waals surface area contributed by atoms with E-state index in [0.717, 1.165) is 35.5 Å². The largest absolute Gasteiger partial charge is 0.497 e. The highest BCUT2D eigenvalue weighted by Crippen LogP contribution is 2.40. The number of amides is 1. The molecule has 0 aromatic heterocycles. The maximum absolute atomic E-state index is 13.4. The summed E-state index contributed by atoms with van der Waals surface area (Å²) in [7, 11) is -0.0676. The molecule has 0 spiro atoms. The van der Waals surface area contributed by atoms with Gasteiger partial charge < -0.3 is 14.4 Å². The third-order valence-electron chi connectivity index (χ3n) is 5.89. The normalized spacial score (nSPS) is 18.4. The number of carbonyl (C=O) groups excluding carboxylic acids is 1. The number of hydrogen-bond acceptors (Lipinski definition) is 5. The molecule has 0 radical (unpaired) electrons. The monoisotopic (exact) mass is 430 g/mol. The van der Waals surface area contributed by atoms with E-state index in [9.17, 15) is 13.2 Å². The molecule has 1 saturated heterocycles. The Morgan fingerprint density at radius 3 is 2.57 bits per heavy atom. The molecule has 2 aliphatic rings. The predicted octanol–water partition coefficient (Wildman–Crippen LogP) is 3.00. The summed E-state index contributed by atoms with van der Waals surface area (Å²) in [5.41, 5.74) is 3.08. The Balaban J connectivity index is 1.64. The van der Waals surface area contributed by atoms with Gasteiger partial charge in [-0.25, -0.2) is 8.42 Å². The number of rotatable bonds is 5. The van der Waals surface area contributed by atoms with Crippen LogP contribution in [0.5, 0.6) is 11.5 Å². The minimum absolute atomic E-state index is 0.0528. The Bertz CT molecular complexity index is 1080. The summed E-state index contributed by atoms with van der Waals surface area (Å²) in [5.74, 6) is 1.41. The van der Waals surface area contributed by atoms with Crippen LogP contribution in [0.3, 0.4) is 0 Å². The smallest absolute Gasteiger partial charge is 0.254 e. The highest BCUT2D eigenvalue weighted by molar-refractivity contribution is 7.92. The lowest BCUT2D eigenvalue weighted by molar-refractivity contribution is 0.0734. The van der Waals surface area contributed by atoms with Crippen LogP contribution in [-0.2, 0) is 16.4 Å². The molecule has 8 heteroatoms. The van der Waals surface area contributed by atoms with Gasteiger partial charge in [0.25, 0.3) is 5.91 Å². The van der Waals surface area contributed by atoms with Crippen molar-refractivity contribution in [3.63, 3.8) is 0 Å². The van der Waals surface area contributed by atoms with Crippen molar-refractivity contribution in [2.75, 3.05) is 37.9 Å². The van der Waals surface area contributed by atoms with Crippen molar-refractivity contribution in [3.05, 3.63) is 53.1 Å². The molecule has 1 amide bonds. The van der Waals surface area contributed by atoms with Crippen molar-refractivity contribution in [1.29, 1.82) is 0 Å². The Morgan fingerprint density at radius 1 is 1.07 bits per heavy atom. The maximum Gasteiger partial charge on any atom is 0.254 e. The fraction of sp³-hybridized carbons (Fsp3) is 0.409. The number of fused-ring (bicyclic) bond motifs is 1. The first-order chi connectivity index (χ1) is 14.3. The van der Waals surface area contributed by atoms with Gasteiger partial charge in [0.15, 0.2) is 0 Å². The summed E-state index contributed by atoms with van der Waals surface area (Å²) in [6.45, 7) is 1.08. The zero-order chi connectivity index (χ0) is 21.5. The van der Waals surface area contributed by atoms with Gasteiger partial charge in [-0.15, -0.1) is 0 Å². The van der Waals surface area contributed by atoms with E-state index in [0.29, 0.717) is 30.8 Å². The van der Waals surface area contributed by atoms with Gasteiger partial charge in [0.05, 0.1) is 32.2 Å². The second-order valence-electron chi connectivity index (χ2n) is 7.69. The molecule has 4 rings (SSSR count). The van der Waals surface area contributed by atoms with Crippen LogP contribution in [0.1, 0.15) is 40.4 Å². The molecule has 2 aliphatic heterocycles. The van der Waals surface area contributed by atoms with E-state index in [1.807, 2.05) is 29.2 Å². The fourth-order valence-electron chi connectivity index (χ4n) is 4.45. The Labute approximate surface area is 177 Å². The van der Waals surface area contributed by atoms with Gasteiger partial charge in [-0.05, 0) is 61.2 Å². The zero-order valence-corrected chi connectivity index (χ0v) is 18.2. The molecule has 160 valence electrons. The van der Waals surface area contributed by atoms with Crippen LogP contribution in [0, 0.1) is 0 Å². The van der Waals surface area contributed by atoms with E-state index in [1.54, 1.807) is 26.4 Å². The number of hydrogen-bond donors (Lipinski definition) is 0. The topological polar surface area (TPSA) is 76.2 Å². The number of carbonyl (C=O) groups is 1. The molecule has 1 atom stereocenters. The third-order valence-corrected chi connectivity index (χ3v) is 7.07. The van der Waals surface area contributed by atoms with Crippen molar-refractivity contribution < 1.29 is 22.7 Å². The highest BCUT2D eigenvalue weighted by atomic mass is 32.2. The van der Waals surface area contributed by atoms with Crippen LogP contribution in [0.15, 0.2) is 36.4 Å². The number of sulfonamides is 1. The molecule has 2 heterocycles. The average Bonchev–Trinajstić information content (AvgIpc) is 3.39. The Hall–Kier alpha value is -2.74. The SMILES string of the molecule is COc1ccc(OC)c(C2CCCN2C(=O)c2ccc3c(c2)CCN3S(C)(=O)=O)c1. The molecule has 1 fully saturated rings. The van der Waals surface area contributed by atoms with Crippen LogP contribution in [0.2, 0.25) is 0 Å². The molecule has 2 aromatic carbocycles. The van der Waals surface area contributed by atoms with Gasteiger partial charge >= 0.3 is 0 Å². The maximum atomic E-state index is 13.4. The summed E-state index contributed by atoms with van der Waals surface area (Å²) in [5, 5.41) is 0. The average molecular weight is 431 g/mol. The molecule has 0 saturated carbocycles. The van der Waals surface area contributed by atoms with Gasteiger partial charge in [-0.3, -0.25) is 9.10 Å². The fourth-order valence-corrected chi connectivity index (χ4v) is 5.41. The molecule has 0 N–H and O–H groups in total. The molecule has 1 unspecified atom stereocenters. The zero-order valence-electron chi connectivity index (χ0n) is 17.4. The second-order valence-corrected chi connectivity index (χ2v) is 9.60. The molecule has 0 bridgehead atoms. The number of likely N-dealkylation sites (tertiary alicyclic amines) is 1. The summed E-state index contributed by atoms with van der Waals surface area (Å²) in [6.07, 6.45) is 3.57. The van der Waals surface area contributed by atoms with Gasteiger partial charge in [-0.1, -0.05) is 0 Å². The molecule has 7 nitrogen and oxygen atoms in total. The van der Waals surface area contributed by atoms with E-state index in [2.05, 4.69) is 0 Å². The predicted molar refractivity (Wildman–Crippen MR) is 115 cm³/mol. The number of nitrogens with zero attached hydrogens (tertiary/aromatic N) is 2. The number of methoxy groups -OCH3 is 2. The van der Waals surface area contributed by atoms with Gasteiger partial charge in [0.1, 0.15) is 11.5 Å². The number of benzene rings is 2. The van der Waals surface area contributed by atoms with Gasteiger partial charge in [-0.2, -0.15) is 0 Å². The van der Waals surface area contributed by atoms with Crippen molar-refractivity contribution >= 4 is 21.6 Å². The van der Waals surface area contributed by atoms with Crippen molar-refractivity contribution in [3.8, 4) is 11.5 Å². The van der Waals surface area contributed by atoms with Crippen LogP contribution >= 0.6 is 0 Å². The lowest BCUT2D eigenvalue weighted by atomic mass is 10.0. The Kier molecular flexibility index (Phi) is 5.36. The first-order valence-electron chi connectivity index (χ1n) is 9.97. The van der Waals surface area contributed by atoms with E-state index in [1.165, 1.54) is 10.6 Å². The third kappa shape index (κ3) is 3.60. The molecule has 2 aromatic rings. The quantitative estimate of drug-likeness (QED) is 0.729. The summed E-state index contributed by atoms with van der Waals surface area (Å²) >= 11 is 0. The summed E-state index contributed by atoms with van der Waals surface area (Å²) < 4.78 is 36.2. The van der Waals surface area contributed by atoms with Crippen LogP contribution < -0.4 is 13.8 Å². The van der Waals surface area contributed by atoms with Gasteiger partial charge in [0, 0.05) is 24.2 Å². The summed E-state index contributed by atoms with van der Waals surface area (Å²) in [4.78, 5) is 15.3. The summed E-state index contributed by atoms with van der Waals surface area (Å²) in [6, 6.07) is 10.9.